The molecule has 0 spiro atoms. The van der Waals surface area contributed by atoms with E-state index in [1.807, 2.05) is 29.8 Å². The van der Waals surface area contributed by atoms with Crippen LogP contribution in [0.25, 0.3) is 0 Å². The van der Waals surface area contributed by atoms with Gasteiger partial charge in [-0.3, -0.25) is 9.59 Å². The number of nitrogens with zero attached hydrogens (tertiary/aromatic N) is 1. The van der Waals surface area contributed by atoms with Gasteiger partial charge in [0.2, 0.25) is 5.91 Å². The van der Waals surface area contributed by atoms with Crippen molar-refractivity contribution in [1.82, 2.24) is 4.90 Å². The van der Waals surface area contributed by atoms with Crippen LogP contribution < -0.4 is 0 Å². The fraction of sp³-hybridized carbons (Fsp3) is 0.320. The number of carbonyl (C=O) groups is 3. The van der Waals surface area contributed by atoms with Gasteiger partial charge in [-0.2, -0.15) is 0 Å². The Balaban J connectivity index is 1.74. The standard InChI is InChI=1S/C25H22ClNO4S2/c1-13-10-12-33-23(13)20-19(22(28)17-3-2-11-32-17)18(14-6-8-16(26)9-7-14)21(25(30)31)27(20)24(29)15-4-5-15/h2-3,6-12,15,18-21H,4-5H2,1H3,(H,30,31). The highest BCUT2D eigenvalue weighted by Gasteiger charge is 2.59. The van der Waals surface area contributed by atoms with Crippen molar-refractivity contribution in [3.05, 3.63) is 79.1 Å². The first-order valence-electron chi connectivity index (χ1n) is 10.8. The summed E-state index contributed by atoms with van der Waals surface area (Å²) in [5, 5.41) is 14.7. The largest absolute Gasteiger partial charge is 0.480 e. The number of rotatable bonds is 6. The Morgan fingerprint density at radius 2 is 1.76 bits per heavy atom. The molecule has 8 heteroatoms. The van der Waals surface area contributed by atoms with Gasteiger partial charge in [-0.05, 0) is 65.9 Å². The smallest absolute Gasteiger partial charge is 0.327 e. The molecule has 0 radical (unpaired) electrons. The lowest BCUT2D eigenvalue weighted by atomic mass is 9.78. The first kappa shape index (κ1) is 22.3. The van der Waals surface area contributed by atoms with Gasteiger partial charge in [0, 0.05) is 21.7 Å². The number of amides is 1. The molecule has 2 fully saturated rings. The maximum atomic E-state index is 14.0. The maximum Gasteiger partial charge on any atom is 0.327 e. The molecule has 170 valence electrons. The lowest BCUT2D eigenvalue weighted by molar-refractivity contribution is -0.150. The summed E-state index contributed by atoms with van der Waals surface area (Å²) in [6.07, 6.45) is 1.51. The van der Waals surface area contributed by atoms with E-state index < -0.39 is 29.9 Å². The van der Waals surface area contributed by atoms with Crippen LogP contribution in [0.3, 0.4) is 0 Å². The van der Waals surface area contributed by atoms with Crippen LogP contribution in [0.1, 0.15) is 50.5 Å². The third-order valence-electron chi connectivity index (χ3n) is 6.59. The lowest BCUT2D eigenvalue weighted by Gasteiger charge is -2.30. The van der Waals surface area contributed by atoms with Crippen molar-refractivity contribution < 1.29 is 19.5 Å². The second kappa shape index (κ2) is 8.70. The van der Waals surface area contributed by atoms with Crippen LogP contribution in [0.4, 0.5) is 0 Å². The Morgan fingerprint density at radius 3 is 2.30 bits per heavy atom. The molecule has 0 bridgehead atoms. The van der Waals surface area contributed by atoms with Crippen molar-refractivity contribution >= 4 is 51.9 Å². The van der Waals surface area contributed by atoms with Gasteiger partial charge < -0.3 is 10.0 Å². The molecule has 3 aromatic rings. The highest BCUT2D eigenvalue weighted by Crippen LogP contribution is 2.54. The second-order valence-electron chi connectivity index (χ2n) is 8.66. The molecule has 1 saturated carbocycles. The SMILES string of the molecule is Cc1ccsc1C1C(C(=O)c2cccs2)C(c2ccc(Cl)cc2)C(C(=O)O)N1C(=O)C1CC1. The normalized spacial score (nSPS) is 24.7. The molecule has 33 heavy (non-hydrogen) atoms. The van der Waals surface area contributed by atoms with Gasteiger partial charge in [-0.1, -0.05) is 29.8 Å². The lowest BCUT2D eigenvalue weighted by Crippen LogP contribution is -2.44. The summed E-state index contributed by atoms with van der Waals surface area (Å²) in [4.78, 5) is 43.2. The number of halogens is 1. The summed E-state index contributed by atoms with van der Waals surface area (Å²) in [5.41, 5.74) is 1.66. The number of carbonyl (C=O) groups excluding carboxylic acids is 2. The van der Waals surface area contributed by atoms with Gasteiger partial charge in [0.1, 0.15) is 6.04 Å². The Bertz CT molecular complexity index is 1200. The quantitative estimate of drug-likeness (QED) is 0.435. The number of hydrogen-bond acceptors (Lipinski definition) is 5. The number of carboxylic acid groups (broad SMARTS) is 1. The fourth-order valence-corrected chi connectivity index (χ4v) is 6.85. The Kier molecular flexibility index (Phi) is 5.89. The number of carboxylic acids is 1. The summed E-state index contributed by atoms with van der Waals surface area (Å²) in [7, 11) is 0. The van der Waals surface area contributed by atoms with Gasteiger partial charge in [-0.25, -0.2) is 4.79 Å². The molecule has 4 atom stereocenters. The zero-order chi connectivity index (χ0) is 23.3. The molecule has 5 nitrogen and oxygen atoms in total. The Labute approximate surface area is 204 Å². The van der Waals surface area contributed by atoms with Gasteiger partial charge in [0.15, 0.2) is 5.78 Å². The van der Waals surface area contributed by atoms with Gasteiger partial charge in [-0.15, -0.1) is 22.7 Å². The molecule has 1 aliphatic carbocycles. The topological polar surface area (TPSA) is 74.7 Å². The van der Waals surface area contributed by atoms with E-state index in [-0.39, 0.29) is 17.6 Å². The number of aliphatic carboxylic acids is 1. The van der Waals surface area contributed by atoms with Gasteiger partial charge >= 0.3 is 5.97 Å². The van der Waals surface area contributed by atoms with Crippen molar-refractivity contribution in [2.24, 2.45) is 11.8 Å². The van der Waals surface area contributed by atoms with Gasteiger partial charge in [0.25, 0.3) is 0 Å². The molecule has 1 N–H and O–H groups in total. The highest BCUT2D eigenvalue weighted by atomic mass is 35.5. The molecule has 4 unspecified atom stereocenters. The molecule has 1 amide bonds. The zero-order valence-corrected chi connectivity index (χ0v) is 20.2. The number of likely N-dealkylation sites (tertiary alicyclic amines) is 1. The molecule has 1 aliphatic heterocycles. The predicted molar refractivity (Wildman–Crippen MR) is 129 cm³/mol. The van der Waals surface area contributed by atoms with Crippen LogP contribution in [-0.2, 0) is 9.59 Å². The average molecular weight is 500 g/mol. The van der Waals surface area contributed by atoms with Crippen molar-refractivity contribution in [1.29, 1.82) is 0 Å². The molecule has 1 saturated heterocycles. The van der Waals surface area contributed by atoms with Crippen LogP contribution in [0, 0.1) is 18.8 Å². The van der Waals surface area contributed by atoms with Crippen molar-refractivity contribution in [3.63, 3.8) is 0 Å². The predicted octanol–water partition coefficient (Wildman–Crippen LogP) is 5.80. The minimum atomic E-state index is -1.14. The first-order valence-corrected chi connectivity index (χ1v) is 12.9. The number of hydrogen-bond donors (Lipinski definition) is 1. The third-order valence-corrected chi connectivity index (χ3v) is 8.82. The molecular formula is C25H22ClNO4S2. The fourth-order valence-electron chi connectivity index (χ4n) is 4.94. The van der Waals surface area contributed by atoms with E-state index in [0.29, 0.717) is 15.5 Å². The van der Waals surface area contributed by atoms with E-state index >= 15 is 0 Å². The molecule has 1 aromatic carbocycles. The number of ketones is 1. The third kappa shape index (κ3) is 3.92. The van der Waals surface area contributed by atoms with Crippen molar-refractivity contribution in [2.45, 2.75) is 37.8 Å². The minimum absolute atomic E-state index is 0.125. The van der Waals surface area contributed by atoms with Crippen LogP contribution >= 0.6 is 34.3 Å². The Morgan fingerprint density at radius 1 is 1.03 bits per heavy atom. The monoisotopic (exact) mass is 499 g/mol. The summed E-state index contributed by atoms with van der Waals surface area (Å²) < 4.78 is 0. The molecular weight excluding hydrogens is 478 g/mol. The van der Waals surface area contributed by atoms with Crippen molar-refractivity contribution in [3.8, 4) is 0 Å². The molecule has 2 aliphatic rings. The first-order chi connectivity index (χ1) is 15.9. The van der Waals surface area contributed by atoms with E-state index in [1.165, 1.54) is 27.6 Å². The van der Waals surface area contributed by atoms with Gasteiger partial charge in [0.05, 0.1) is 16.8 Å². The molecule has 5 rings (SSSR count). The van der Waals surface area contributed by atoms with Crippen LogP contribution in [-0.4, -0.2) is 33.7 Å². The average Bonchev–Trinajstić information content (AvgIpc) is 3.19. The molecule has 3 heterocycles. The number of thiophene rings is 2. The summed E-state index contributed by atoms with van der Waals surface area (Å²) in [6.45, 7) is 1.95. The highest BCUT2D eigenvalue weighted by molar-refractivity contribution is 7.12. The zero-order valence-electron chi connectivity index (χ0n) is 17.8. The Hall–Kier alpha value is -2.48. The molecule has 2 aromatic heterocycles. The van der Waals surface area contributed by atoms with E-state index in [0.717, 1.165) is 23.3 Å². The van der Waals surface area contributed by atoms with E-state index in [9.17, 15) is 19.5 Å². The van der Waals surface area contributed by atoms with E-state index in [4.69, 9.17) is 11.6 Å². The van der Waals surface area contributed by atoms with Crippen molar-refractivity contribution in [2.75, 3.05) is 0 Å². The summed E-state index contributed by atoms with van der Waals surface area (Å²) in [5.74, 6) is -2.96. The van der Waals surface area contributed by atoms with E-state index in [1.54, 1.807) is 30.3 Å². The summed E-state index contributed by atoms with van der Waals surface area (Å²) >= 11 is 8.93. The summed E-state index contributed by atoms with van der Waals surface area (Å²) in [6, 6.07) is 10.7. The maximum absolute atomic E-state index is 14.0. The minimum Gasteiger partial charge on any atom is -0.480 e. The number of benzene rings is 1. The number of aryl methyl sites for hydroxylation is 1. The van der Waals surface area contributed by atoms with Crippen LogP contribution in [0.2, 0.25) is 5.02 Å². The van der Waals surface area contributed by atoms with Crippen LogP contribution in [0.15, 0.2) is 53.2 Å². The van der Waals surface area contributed by atoms with Crippen LogP contribution in [0.5, 0.6) is 0 Å². The van der Waals surface area contributed by atoms with E-state index in [2.05, 4.69) is 0 Å². The second-order valence-corrected chi connectivity index (χ2v) is 11.0. The number of Topliss-reactive ketones (excluding diaryl/α,β-unsaturated/α-hetero) is 1.